The van der Waals surface area contributed by atoms with Crippen molar-refractivity contribution in [3.05, 3.63) is 29.8 Å². The summed E-state index contributed by atoms with van der Waals surface area (Å²) in [5.74, 6) is 0.885. The van der Waals surface area contributed by atoms with E-state index in [0.29, 0.717) is 6.54 Å². The van der Waals surface area contributed by atoms with Gasteiger partial charge in [0, 0.05) is 19.6 Å². The summed E-state index contributed by atoms with van der Waals surface area (Å²) < 4.78 is 5.08. The minimum atomic E-state index is -0.620. The number of ether oxygens (including phenoxy) is 1. The Hall–Kier alpha value is -1.59. The van der Waals surface area contributed by atoms with Crippen LogP contribution in [0, 0.1) is 0 Å². The van der Waals surface area contributed by atoms with Gasteiger partial charge in [0.15, 0.2) is 0 Å². The van der Waals surface area contributed by atoms with Crippen LogP contribution in [0.15, 0.2) is 24.3 Å². The van der Waals surface area contributed by atoms with Crippen LogP contribution in [0.3, 0.4) is 0 Å². The number of piperidine rings is 1. The average Bonchev–Trinajstić information content (AvgIpc) is 2.55. The Bertz CT molecular complexity index is 441. The minimum Gasteiger partial charge on any atom is -0.497 e. The number of likely N-dealkylation sites (tertiary alicyclic amines) is 1. The van der Waals surface area contributed by atoms with Gasteiger partial charge in [-0.05, 0) is 37.0 Å². The topological polar surface area (TPSA) is 61.8 Å². The summed E-state index contributed by atoms with van der Waals surface area (Å²) in [6.45, 7) is 2.38. The Labute approximate surface area is 125 Å². The largest absolute Gasteiger partial charge is 0.497 e. The van der Waals surface area contributed by atoms with Crippen molar-refractivity contribution in [1.82, 2.24) is 10.2 Å². The number of hydrogen-bond donors (Lipinski definition) is 2. The smallest absolute Gasteiger partial charge is 0.236 e. The molecule has 1 atom stereocenters. The molecule has 0 spiro atoms. The fourth-order valence-corrected chi connectivity index (χ4v) is 2.51. The van der Waals surface area contributed by atoms with Crippen molar-refractivity contribution in [3.8, 4) is 5.75 Å². The molecular weight excluding hydrogens is 268 g/mol. The normalized spacial score (nSPS) is 16.6. The molecule has 1 aliphatic rings. The molecule has 116 valence electrons. The van der Waals surface area contributed by atoms with Gasteiger partial charge in [0.25, 0.3) is 0 Å². The zero-order valence-electron chi connectivity index (χ0n) is 12.5. The third-order valence-corrected chi connectivity index (χ3v) is 3.82. The third-order valence-electron chi connectivity index (χ3n) is 3.82. The van der Waals surface area contributed by atoms with Gasteiger partial charge in [0.05, 0.1) is 19.8 Å². The van der Waals surface area contributed by atoms with Gasteiger partial charge < -0.3 is 20.1 Å². The van der Waals surface area contributed by atoms with Crippen molar-refractivity contribution in [2.45, 2.75) is 25.4 Å². The van der Waals surface area contributed by atoms with Crippen molar-refractivity contribution >= 4 is 5.91 Å². The summed E-state index contributed by atoms with van der Waals surface area (Å²) in [6, 6.07) is 7.30. The van der Waals surface area contributed by atoms with Crippen LogP contribution in [-0.4, -0.2) is 49.2 Å². The van der Waals surface area contributed by atoms with E-state index in [1.807, 2.05) is 29.2 Å². The van der Waals surface area contributed by atoms with Gasteiger partial charge in [0.1, 0.15) is 5.75 Å². The second-order valence-electron chi connectivity index (χ2n) is 5.36. The van der Waals surface area contributed by atoms with E-state index in [0.717, 1.165) is 37.2 Å². The summed E-state index contributed by atoms with van der Waals surface area (Å²) >= 11 is 0. The molecule has 5 nitrogen and oxygen atoms in total. The average molecular weight is 292 g/mol. The van der Waals surface area contributed by atoms with Gasteiger partial charge in [-0.25, -0.2) is 0 Å². The van der Waals surface area contributed by atoms with E-state index in [1.165, 1.54) is 6.42 Å². The molecule has 21 heavy (non-hydrogen) atoms. The Balaban J connectivity index is 1.72. The highest BCUT2D eigenvalue weighted by molar-refractivity contribution is 5.78. The van der Waals surface area contributed by atoms with E-state index < -0.39 is 6.10 Å². The molecule has 0 aromatic heterocycles. The summed E-state index contributed by atoms with van der Waals surface area (Å²) in [4.78, 5) is 13.9. The van der Waals surface area contributed by atoms with E-state index in [2.05, 4.69) is 5.32 Å². The Kier molecular flexibility index (Phi) is 6.02. The Morgan fingerprint density at radius 3 is 2.57 bits per heavy atom. The van der Waals surface area contributed by atoms with E-state index in [1.54, 1.807) is 7.11 Å². The first kappa shape index (κ1) is 15.8. The molecule has 1 aliphatic heterocycles. The van der Waals surface area contributed by atoms with Gasteiger partial charge in [-0.2, -0.15) is 0 Å². The number of aliphatic hydroxyl groups excluding tert-OH is 1. The van der Waals surface area contributed by atoms with E-state index in [9.17, 15) is 9.90 Å². The summed E-state index contributed by atoms with van der Waals surface area (Å²) in [5.41, 5.74) is 0.814. The monoisotopic (exact) mass is 292 g/mol. The fourth-order valence-electron chi connectivity index (χ4n) is 2.51. The van der Waals surface area contributed by atoms with Crippen LogP contribution >= 0.6 is 0 Å². The first-order chi connectivity index (χ1) is 10.2. The molecule has 1 unspecified atom stereocenters. The van der Waals surface area contributed by atoms with Crippen molar-refractivity contribution in [2.75, 3.05) is 33.3 Å². The number of amides is 1. The van der Waals surface area contributed by atoms with Crippen LogP contribution in [0.2, 0.25) is 0 Å². The van der Waals surface area contributed by atoms with Crippen molar-refractivity contribution in [2.24, 2.45) is 0 Å². The Morgan fingerprint density at radius 1 is 1.29 bits per heavy atom. The standard InChI is InChI=1S/C16H24N2O3/c1-21-14-7-5-13(6-8-14)15(19)11-17-12-16(20)18-9-3-2-4-10-18/h5-8,15,17,19H,2-4,9-12H2,1H3. The zero-order chi connectivity index (χ0) is 15.1. The summed E-state index contributed by atoms with van der Waals surface area (Å²) in [7, 11) is 1.61. The molecule has 0 radical (unpaired) electrons. The number of aliphatic hydroxyl groups is 1. The minimum absolute atomic E-state index is 0.122. The first-order valence-electron chi connectivity index (χ1n) is 7.51. The Morgan fingerprint density at radius 2 is 1.95 bits per heavy atom. The summed E-state index contributed by atoms with van der Waals surface area (Å²) in [5, 5.41) is 13.1. The van der Waals surface area contributed by atoms with Crippen LogP contribution in [-0.2, 0) is 4.79 Å². The predicted molar refractivity (Wildman–Crippen MR) is 81.3 cm³/mol. The van der Waals surface area contributed by atoms with Gasteiger partial charge in [-0.1, -0.05) is 12.1 Å². The highest BCUT2D eigenvalue weighted by atomic mass is 16.5. The van der Waals surface area contributed by atoms with Gasteiger partial charge in [-0.15, -0.1) is 0 Å². The maximum atomic E-state index is 12.0. The van der Waals surface area contributed by atoms with E-state index >= 15 is 0 Å². The molecule has 0 saturated carbocycles. The lowest BCUT2D eigenvalue weighted by Crippen LogP contribution is -2.41. The van der Waals surface area contributed by atoms with E-state index in [-0.39, 0.29) is 12.5 Å². The number of nitrogens with one attached hydrogen (secondary N) is 1. The number of rotatable bonds is 6. The van der Waals surface area contributed by atoms with Crippen molar-refractivity contribution < 1.29 is 14.6 Å². The van der Waals surface area contributed by atoms with Crippen LogP contribution < -0.4 is 10.1 Å². The number of carbonyl (C=O) groups excluding carboxylic acids is 1. The second kappa shape index (κ2) is 8.00. The molecule has 2 rings (SSSR count). The molecule has 2 N–H and O–H groups in total. The van der Waals surface area contributed by atoms with Gasteiger partial charge in [-0.3, -0.25) is 4.79 Å². The highest BCUT2D eigenvalue weighted by Gasteiger charge is 2.16. The number of nitrogens with zero attached hydrogens (tertiary/aromatic N) is 1. The quantitative estimate of drug-likeness (QED) is 0.830. The van der Waals surface area contributed by atoms with Crippen molar-refractivity contribution in [1.29, 1.82) is 0 Å². The van der Waals surface area contributed by atoms with Crippen LogP contribution in [0.25, 0.3) is 0 Å². The number of carbonyl (C=O) groups is 1. The molecule has 1 saturated heterocycles. The molecule has 1 aromatic carbocycles. The van der Waals surface area contributed by atoms with E-state index in [4.69, 9.17) is 4.74 Å². The molecule has 0 aliphatic carbocycles. The summed E-state index contributed by atoms with van der Waals surface area (Å²) in [6.07, 6.45) is 2.79. The van der Waals surface area contributed by atoms with Crippen LogP contribution in [0.4, 0.5) is 0 Å². The van der Waals surface area contributed by atoms with Crippen LogP contribution in [0.5, 0.6) is 5.75 Å². The molecule has 0 bridgehead atoms. The lowest BCUT2D eigenvalue weighted by molar-refractivity contribution is -0.131. The molecular formula is C16H24N2O3. The van der Waals surface area contributed by atoms with Crippen LogP contribution in [0.1, 0.15) is 30.9 Å². The molecule has 1 aromatic rings. The lowest BCUT2D eigenvalue weighted by atomic mass is 10.1. The maximum Gasteiger partial charge on any atom is 0.236 e. The van der Waals surface area contributed by atoms with Gasteiger partial charge in [0.2, 0.25) is 5.91 Å². The highest BCUT2D eigenvalue weighted by Crippen LogP contribution is 2.17. The fraction of sp³-hybridized carbons (Fsp3) is 0.562. The number of hydrogen-bond acceptors (Lipinski definition) is 4. The second-order valence-corrected chi connectivity index (χ2v) is 5.36. The number of benzene rings is 1. The van der Waals surface area contributed by atoms with Crippen molar-refractivity contribution in [3.63, 3.8) is 0 Å². The zero-order valence-corrected chi connectivity index (χ0v) is 12.5. The lowest BCUT2D eigenvalue weighted by Gasteiger charge is -2.27. The maximum absolute atomic E-state index is 12.0. The number of methoxy groups -OCH3 is 1. The first-order valence-corrected chi connectivity index (χ1v) is 7.51. The van der Waals surface area contributed by atoms with Gasteiger partial charge >= 0.3 is 0 Å². The molecule has 1 fully saturated rings. The molecule has 1 amide bonds. The predicted octanol–water partition coefficient (Wildman–Crippen LogP) is 1.33. The SMILES string of the molecule is COc1ccc(C(O)CNCC(=O)N2CCCCC2)cc1. The molecule has 5 heteroatoms. The third kappa shape index (κ3) is 4.72. The molecule has 1 heterocycles.